The summed E-state index contributed by atoms with van der Waals surface area (Å²) in [6, 6.07) is 1.62. The molecule has 2 N–H and O–H groups in total. The van der Waals surface area contributed by atoms with E-state index in [0.717, 1.165) is 30.3 Å². The van der Waals surface area contributed by atoms with Crippen LogP contribution in [0, 0.1) is 24.6 Å². The molecular formula is C28H24ClF3N8O3. The molecule has 3 atom stereocenters. The maximum Gasteiger partial charge on any atom is 0.276 e. The van der Waals surface area contributed by atoms with Crippen LogP contribution in [-0.4, -0.2) is 53.2 Å². The number of aromatic nitrogens is 6. The first kappa shape index (κ1) is 28.7. The van der Waals surface area contributed by atoms with Gasteiger partial charge in [-0.2, -0.15) is 5.10 Å². The molecule has 1 saturated carbocycles. The average Bonchev–Trinajstić information content (AvgIpc) is 3.49. The Morgan fingerprint density at radius 1 is 1.19 bits per heavy atom. The van der Waals surface area contributed by atoms with Gasteiger partial charge in [0.05, 0.1) is 47.1 Å². The van der Waals surface area contributed by atoms with Crippen molar-refractivity contribution in [2.24, 2.45) is 11.8 Å². The van der Waals surface area contributed by atoms with Crippen LogP contribution in [0.1, 0.15) is 58.8 Å². The molecule has 3 aromatic heterocycles. The first-order valence-electron chi connectivity index (χ1n) is 13.3. The highest BCUT2D eigenvalue weighted by molar-refractivity contribution is 6.31. The third-order valence-electron chi connectivity index (χ3n) is 7.71. The van der Waals surface area contributed by atoms with Crippen molar-refractivity contribution in [2.75, 3.05) is 16.8 Å². The van der Waals surface area contributed by atoms with Gasteiger partial charge in [0.1, 0.15) is 0 Å². The van der Waals surface area contributed by atoms with Crippen molar-refractivity contribution < 1.29 is 27.9 Å². The molecule has 0 unspecified atom stereocenters. The number of piperidine rings is 1. The zero-order valence-electron chi connectivity index (χ0n) is 22.8. The van der Waals surface area contributed by atoms with Crippen molar-refractivity contribution in [3.8, 4) is 11.3 Å². The number of benzene rings is 1. The topological polar surface area (TPSA) is 139 Å². The van der Waals surface area contributed by atoms with Crippen molar-refractivity contribution >= 4 is 35.1 Å². The number of aliphatic hydroxyl groups is 1. The summed E-state index contributed by atoms with van der Waals surface area (Å²) in [7, 11) is 0. The number of halogens is 4. The van der Waals surface area contributed by atoms with Gasteiger partial charge in [0.25, 0.3) is 12.3 Å². The van der Waals surface area contributed by atoms with E-state index in [1.807, 2.05) is 13.8 Å². The summed E-state index contributed by atoms with van der Waals surface area (Å²) < 4.78 is 43.7. The van der Waals surface area contributed by atoms with Gasteiger partial charge in [0.15, 0.2) is 11.5 Å². The van der Waals surface area contributed by atoms with Gasteiger partial charge in [-0.3, -0.25) is 24.2 Å². The van der Waals surface area contributed by atoms with E-state index < -0.39 is 46.6 Å². The molecule has 1 aromatic carbocycles. The van der Waals surface area contributed by atoms with Crippen LogP contribution in [-0.2, 0) is 11.4 Å². The fourth-order valence-corrected chi connectivity index (χ4v) is 5.41. The summed E-state index contributed by atoms with van der Waals surface area (Å²) in [5, 5.41) is 16.2. The van der Waals surface area contributed by atoms with Crippen molar-refractivity contribution in [1.82, 2.24) is 29.7 Å². The Morgan fingerprint density at radius 3 is 2.65 bits per heavy atom. The van der Waals surface area contributed by atoms with Crippen molar-refractivity contribution in [3.05, 3.63) is 76.0 Å². The highest BCUT2D eigenvalue weighted by atomic mass is 35.5. The van der Waals surface area contributed by atoms with Crippen LogP contribution in [0.15, 0.2) is 36.9 Å². The molecule has 0 bridgehead atoms. The highest BCUT2D eigenvalue weighted by Gasteiger charge is 2.53. The highest BCUT2D eigenvalue weighted by Crippen LogP contribution is 2.46. The van der Waals surface area contributed by atoms with Crippen LogP contribution in [0.2, 0.25) is 5.02 Å². The fourth-order valence-electron chi connectivity index (χ4n) is 5.25. The third kappa shape index (κ3) is 5.20. The van der Waals surface area contributed by atoms with Gasteiger partial charge in [-0.15, -0.1) is 0 Å². The summed E-state index contributed by atoms with van der Waals surface area (Å²) in [4.78, 5) is 44.2. The molecule has 222 valence electrons. The molecule has 2 aliphatic rings. The number of nitrogens with zero attached hydrogens (tertiary/aromatic N) is 7. The van der Waals surface area contributed by atoms with Gasteiger partial charge < -0.3 is 10.4 Å². The number of hydrogen-bond acceptors (Lipinski definition) is 8. The van der Waals surface area contributed by atoms with Crippen LogP contribution in [0.25, 0.3) is 11.3 Å². The Balaban J connectivity index is 1.22. The lowest BCUT2D eigenvalue weighted by molar-refractivity contribution is -0.118. The summed E-state index contributed by atoms with van der Waals surface area (Å²) in [5.74, 6) is -1.05. The Bertz CT molecular complexity index is 1770. The molecule has 11 nitrogen and oxygen atoms in total. The monoisotopic (exact) mass is 612 g/mol. The maximum atomic E-state index is 14.8. The third-order valence-corrected chi connectivity index (χ3v) is 8.00. The van der Waals surface area contributed by atoms with E-state index in [0.29, 0.717) is 24.1 Å². The molecule has 43 heavy (non-hydrogen) atoms. The number of carbonyl (C=O) groups excluding carboxylic acids is 2. The van der Waals surface area contributed by atoms with Crippen molar-refractivity contribution in [2.45, 2.75) is 39.3 Å². The number of fused-ring (bicyclic) bond motifs is 1. The SMILES string of the molecule is Cc1nc(N2C[C@H]3C[C@H]3C2=O)ncc1[C@H](C)n1cc(NC(=O)c2nc(-c3c(C(F)F)ccc(Cl)c3F)cnc2CO)cn1. The van der Waals surface area contributed by atoms with Gasteiger partial charge >= 0.3 is 0 Å². The van der Waals surface area contributed by atoms with Crippen molar-refractivity contribution in [1.29, 1.82) is 0 Å². The number of alkyl halides is 2. The molecule has 6 rings (SSSR count). The van der Waals surface area contributed by atoms with Crippen molar-refractivity contribution in [3.63, 3.8) is 0 Å². The first-order valence-corrected chi connectivity index (χ1v) is 13.7. The number of nitrogens with one attached hydrogen (secondary N) is 1. The molecule has 1 aliphatic heterocycles. The molecule has 2 fully saturated rings. The van der Waals surface area contributed by atoms with E-state index >= 15 is 0 Å². The Kier molecular flexibility index (Phi) is 7.34. The number of rotatable bonds is 8. The van der Waals surface area contributed by atoms with Crippen LogP contribution in [0.5, 0.6) is 0 Å². The number of anilines is 2. The molecule has 15 heteroatoms. The molecule has 4 aromatic rings. The second-order valence-electron chi connectivity index (χ2n) is 10.4. The van der Waals surface area contributed by atoms with Crippen LogP contribution < -0.4 is 10.2 Å². The second kappa shape index (κ2) is 11.0. The Hall–Kier alpha value is -4.43. The molecular weight excluding hydrogens is 589 g/mol. The van der Waals surface area contributed by atoms with E-state index in [-0.39, 0.29) is 34.9 Å². The van der Waals surface area contributed by atoms with E-state index in [1.165, 1.54) is 6.20 Å². The normalized spacial score (nSPS) is 18.2. The Labute approximate surface area is 247 Å². The van der Waals surface area contributed by atoms with Gasteiger partial charge in [-0.25, -0.2) is 28.1 Å². The van der Waals surface area contributed by atoms with E-state index in [4.69, 9.17) is 11.6 Å². The summed E-state index contributed by atoms with van der Waals surface area (Å²) in [6.07, 6.45) is 3.45. The number of hydrogen-bond donors (Lipinski definition) is 2. The lowest BCUT2D eigenvalue weighted by atomic mass is 10.0. The molecule has 0 radical (unpaired) electrons. The first-order chi connectivity index (χ1) is 20.6. The van der Waals surface area contributed by atoms with E-state index in [1.54, 1.807) is 22.0 Å². The Morgan fingerprint density at radius 2 is 1.98 bits per heavy atom. The summed E-state index contributed by atoms with van der Waals surface area (Å²) in [6.45, 7) is 3.62. The van der Waals surface area contributed by atoms with Gasteiger partial charge in [0.2, 0.25) is 11.9 Å². The van der Waals surface area contributed by atoms with Gasteiger partial charge in [-0.1, -0.05) is 17.7 Å². The number of aryl methyl sites for hydroxylation is 1. The van der Waals surface area contributed by atoms with Gasteiger partial charge in [-0.05, 0) is 32.3 Å². The lowest BCUT2D eigenvalue weighted by Gasteiger charge is -2.19. The fraction of sp³-hybridized carbons (Fsp3) is 0.321. The smallest absolute Gasteiger partial charge is 0.276 e. The molecule has 4 heterocycles. The number of aliphatic hydroxyl groups excluding tert-OH is 1. The maximum absolute atomic E-state index is 14.8. The zero-order chi connectivity index (χ0) is 30.6. The minimum absolute atomic E-state index is 0.0596. The van der Waals surface area contributed by atoms with E-state index in [2.05, 4.69) is 30.4 Å². The summed E-state index contributed by atoms with van der Waals surface area (Å²) in [5.41, 5.74) is -0.487. The van der Waals surface area contributed by atoms with Crippen LogP contribution in [0.4, 0.5) is 24.8 Å². The van der Waals surface area contributed by atoms with Crippen LogP contribution in [0.3, 0.4) is 0 Å². The number of amides is 2. The largest absolute Gasteiger partial charge is 0.390 e. The minimum Gasteiger partial charge on any atom is -0.390 e. The standard InChI is InChI=1S/C28H24ClF3N8O3/c1-12-18(7-34-28(36-12)39-9-14-5-17(14)27(39)43)13(2)40-10-15(6-35-40)37-26(42)24-21(11-41)33-8-20(38-24)22-16(25(31)32)3-4-19(29)23(22)30/h3-4,6-8,10,13-14,17,25,41H,5,9,11H2,1-2H3,(H,37,42)/t13-,14+,17+/m0/s1. The predicted molar refractivity (Wildman–Crippen MR) is 148 cm³/mol. The molecule has 1 saturated heterocycles. The lowest BCUT2D eigenvalue weighted by Crippen LogP contribution is -2.30. The zero-order valence-corrected chi connectivity index (χ0v) is 23.6. The van der Waals surface area contributed by atoms with E-state index in [9.17, 15) is 27.9 Å². The second-order valence-corrected chi connectivity index (χ2v) is 10.8. The predicted octanol–water partition coefficient (Wildman–Crippen LogP) is 4.51. The molecule has 0 spiro atoms. The summed E-state index contributed by atoms with van der Waals surface area (Å²) >= 11 is 5.82. The minimum atomic E-state index is -3.05. The quantitative estimate of drug-likeness (QED) is 0.296. The van der Waals surface area contributed by atoms with Crippen LogP contribution >= 0.6 is 11.6 Å². The average molecular weight is 613 g/mol. The van der Waals surface area contributed by atoms with Gasteiger partial charge in [0, 0.05) is 47.2 Å². The number of carbonyl (C=O) groups is 2. The molecule has 2 amide bonds. The molecule has 1 aliphatic carbocycles.